The van der Waals surface area contributed by atoms with E-state index in [2.05, 4.69) is 15.6 Å². The molecule has 0 saturated carbocycles. The zero-order valence-electron chi connectivity index (χ0n) is 17.6. The molecular formula is C25H27N3O3. The largest absolute Gasteiger partial charge is 0.340 e. The van der Waals surface area contributed by atoms with Crippen molar-refractivity contribution < 1.29 is 14.4 Å². The van der Waals surface area contributed by atoms with Crippen LogP contribution < -0.4 is 10.6 Å². The van der Waals surface area contributed by atoms with Crippen LogP contribution in [-0.4, -0.2) is 28.6 Å². The molecule has 1 aromatic heterocycles. The third-order valence-electron chi connectivity index (χ3n) is 5.07. The summed E-state index contributed by atoms with van der Waals surface area (Å²) >= 11 is 0. The van der Waals surface area contributed by atoms with E-state index in [-0.39, 0.29) is 17.6 Å². The van der Waals surface area contributed by atoms with Crippen molar-refractivity contribution in [1.82, 2.24) is 10.3 Å². The Bertz CT molecular complexity index is 1040. The first-order valence-electron chi connectivity index (χ1n) is 10.5. The summed E-state index contributed by atoms with van der Waals surface area (Å²) in [6.07, 6.45) is 5.04. The van der Waals surface area contributed by atoms with Gasteiger partial charge in [-0.3, -0.25) is 14.6 Å². The molecular weight excluding hydrogens is 390 g/mol. The van der Waals surface area contributed by atoms with Gasteiger partial charge in [-0.1, -0.05) is 49.2 Å². The molecule has 3 rings (SSSR count). The Balaban J connectivity index is 1.71. The van der Waals surface area contributed by atoms with Crippen LogP contribution in [0.4, 0.5) is 5.69 Å². The first-order valence-corrected chi connectivity index (χ1v) is 10.5. The van der Waals surface area contributed by atoms with E-state index in [9.17, 15) is 14.4 Å². The van der Waals surface area contributed by atoms with Crippen molar-refractivity contribution in [2.45, 2.75) is 45.1 Å². The Kier molecular flexibility index (Phi) is 7.87. The van der Waals surface area contributed by atoms with E-state index in [0.717, 1.165) is 24.6 Å². The molecule has 2 N–H and O–H groups in total. The average Bonchev–Trinajstić information content (AvgIpc) is 2.78. The maximum absolute atomic E-state index is 13.1. The quantitative estimate of drug-likeness (QED) is 0.475. The molecule has 6 heteroatoms. The third kappa shape index (κ3) is 6.47. The SMILES string of the molecule is CC(=O)CCCCC[C@H](NC(=O)c1ccccc1)C(=O)Nc1cccc2cccnc12. The van der Waals surface area contributed by atoms with E-state index in [1.54, 1.807) is 43.5 Å². The predicted molar refractivity (Wildman–Crippen MR) is 122 cm³/mol. The molecule has 0 fully saturated rings. The van der Waals surface area contributed by atoms with Crippen LogP contribution in [-0.2, 0) is 9.59 Å². The van der Waals surface area contributed by atoms with Gasteiger partial charge in [0.2, 0.25) is 5.91 Å². The average molecular weight is 418 g/mol. The molecule has 160 valence electrons. The van der Waals surface area contributed by atoms with Crippen molar-refractivity contribution in [3.63, 3.8) is 0 Å². The highest BCUT2D eigenvalue weighted by molar-refractivity contribution is 6.04. The number of hydrogen-bond donors (Lipinski definition) is 2. The van der Waals surface area contributed by atoms with Crippen molar-refractivity contribution in [2.24, 2.45) is 0 Å². The van der Waals surface area contributed by atoms with Crippen LogP contribution in [0.2, 0.25) is 0 Å². The summed E-state index contributed by atoms with van der Waals surface area (Å²) in [7, 11) is 0. The molecule has 31 heavy (non-hydrogen) atoms. The molecule has 6 nitrogen and oxygen atoms in total. The number of unbranched alkanes of at least 4 members (excludes halogenated alkanes) is 2. The van der Waals surface area contributed by atoms with E-state index in [0.29, 0.717) is 29.6 Å². The zero-order chi connectivity index (χ0) is 22.1. The lowest BCUT2D eigenvalue weighted by Crippen LogP contribution is -2.43. The normalized spacial score (nSPS) is 11.6. The number of ketones is 1. The second-order valence-corrected chi connectivity index (χ2v) is 7.56. The molecule has 0 saturated heterocycles. The molecule has 1 atom stereocenters. The molecule has 0 aliphatic rings. The van der Waals surface area contributed by atoms with Gasteiger partial charge in [-0.15, -0.1) is 0 Å². The number of anilines is 1. The minimum atomic E-state index is -0.691. The van der Waals surface area contributed by atoms with Crippen LogP contribution >= 0.6 is 0 Å². The van der Waals surface area contributed by atoms with Crippen LogP contribution in [0.5, 0.6) is 0 Å². The van der Waals surface area contributed by atoms with Crippen LogP contribution in [0.25, 0.3) is 10.9 Å². The van der Waals surface area contributed by atoms with Gasteiger partial charge >= 0.3 is 0 Å². The molecule has 2 amide bonds. The number of fused-ring (bicyclic) bond motifs is 1. The Labute approximate surface area is 182 Å². The fraction of sp³-hybridized carbons (Fsp3) is 0.280. The predicted octanol–water partition coefficient (Wildman–Crippen LogP) is 4.51. The van der Waals surface area contributed by atoms with Crippen molar-refractivity contribution in [3.05, 3.63) is 72.4 Å². The van der Waals surface area contributed by atoms with Gasteiger partial charge in [-0.05, 0) is 44.0 Å². The van der Waals surface area contributed by atoms with Gasteiger partial charge < -0.3 is 15.4 Å². The highest BCUT2D eigenvalue weighted by atomic mass is 16.2. The van der Waals surface area contributed by atoms with E-state index in [1.807, 2.05) is 30.3 Å². The summed E-state index contributed by atoms with van der Waals surface area (Å²) in [5.41, 5.74) is 1.82. The number of carbonyl (C=O) groups excluding carboxylic acids is 3. The first-order chi connectivity index (χ1) is 15.0. The van der Waals surface area contributed by atoms with Crippen molar-refractivity contribution in [1.29, 1.82) is 0 Å². The Morgan fingerprint density at radius 1 is 0.903 bits per heavy atom. The first kappa shape index (κ1) is 22.2. The number of Topliss-reactive ketones (excluding diaryl/α,β-unsaturated/α-hetero) is 1. The molecule has 0 spiro atoms. The number of hydrogen-bond acceptors (Lipinski definition) is 4. The minimum Gasteiger partial charge on any atom is -0.340 e. The minimum absolute atomic E-state index is 0.162. The van der Waals surface area contributed by atoms with Crippen LogP contribution in [0.1, 0.15) is 49.4 Å². The maximum Gasteiger partial charge on any atom is 0.251 e. The van der Waals surface area contributed by atoms with E-state index in [1.165, 1.54) is 0 Å². The van der Waals surface area contributed by atoms with Crippen molar-refractivity contribution >= 4 is 34.2 Å². The number of nitrogens with one attached hydrogen (secondary N) is 2. The van der Waals surface area contributed by atoms with Gasteiger partial charge in [0, 0.05) is 23.6 Å². The number of aromatic nitrogens is 1. The van der Waals surface area contributed by atoms with Crippen LogP contribution in [0.15, 0.2) is 66.9 Å². The highest BCUT2D eigenvalue weighted by Gasteiger charge is 2.22. The van der Waals surface area contributed by atoms with Gasteiger partial charge in [-0.25, -0.2) is 0 Å². The number of pyridine rings is 1. The second-order valence-electron chi connectivity index (χ2n) is 7.56. The van der Waals surface area contributed by atoms with Gasteiger partial charge in [-0.2, -0.15) is 0 Å². The monoisotopic (exact) mass is 417 g/mol. The van der Waals surface area contributed by atoms with Crippen LogP contribution in [0.3, 0.4) is 0 Å². The summed E-state index contributed by atoms with van der Waals surface area (Å²) in [6, 6.07) is 17.5. The lowest BCUT2D eigenvalue weighted by Gasteiger charge is -2.19. The van der Waals surface area contributed by atoms with E-state index < -0.39 is 6.04 Å². The summed E-state index contributed by atoms with van der Waals surface area (Å²) in [5.74, 6) is -0.412. The number of carbonyl (C=O) groups is 3. The lowest BCUT2D eigenvalue weighted by atomic mass is 10.0. The molecule has 2 aromatic carbocycles. The topological polar surface area (TPSA) is 88.2 Å². The Hall–Kier alpha value is -3.54. The molecule has 0 aliphatic heterocycles. The van der Waals surface area contributed by atoms with Gasteiger partial charge in [0.25, 0.3) is 5.91 Å². The highest BCUT2D eigenvalue weighted by Crippen LogP contribution is 2.21. The van der Waals surface area contributed by atoms with Gasteiger partial charge in [0.1, 0.15) is 11.8 Å². The summed E-state index contributed by atoms with van der Waals surface area (Å²) < 4.78 is 0. The number of rotatable bonds is 10. The fourth-order valence-electron chi connectivity index (χ4n) is 3.42. The summed E-state index contributed by atoms with van der Waals surface area (Å²) in [6.45, 7) is 1.58. The van der Waals surface area contributed by atoms with Crippen LogP contribution in [0, 0.1) is 0 Å². The van der Waals surface area contributed by atoms with Crippen molar-refractivity contribution in [2.75, 3.05) is 5.32 Å². The van der Waals surface area contributed by atoms with Crippen molar-refractivity contribution in [3.8, 4) is 0 Å². The van der Waals surface area contributed by atoms with Gasteiger partial charge in [0.05, 0.1) is 11.2 Å². The van der Waals surface area contributed by atoms with E-state index in [4.69, 9.17) is 0 Å². The van der Waals surface area contributed by atoms with E-state index >= 15 is 0 Å². The number of para-hydroxylation sites is 1. The summed E-state index contributed by atoms with van der Waals surface area (Å²) in [4.78, 5) is 41.2. The lowest BCUT2D eigenvalue weighted by molar-refractivity contribution is -0.118. The molecule has 0 bridgehead atoms. The number of benzene rings is 2. The standard InChI is InChI=1S/C25H27N3O3/c1-18(29)10-4-2-7-15-22(28-24(30)20-11-5-3-6-12-20)25(31)27-21-16-8-13-19-14-9-17-26-23(19)21/h3,5-6,8-9,11-14,16-17,22H,2,4,7,10,15H2,1H3,(H,27,31)(H,28,30)/t22-/m0/s1. The smallest absolute Gasteiger partial charge is 0.251 e. The molecule has 3 aromatic rings. The maximum atomic E-state index is 13.1. The fourth-order valence-corrected chi connectivity index (χ4v) is 3.42. The molecule has 1 heterocycles. The second kappa shape index (κ2) is 11.0. The third-order valence-corrected chi connectivity index (χ3v) is 5.07. The van der Waals surface area contributed by atoms with Gasteiger partial charge in [0.15, 0.2) is 0 Å². The number of nitrogens with zero attached hydrogens (tertiary/aromatic N) is 1. The number of amides is 2. The molecule has 0 unspecified atom stereocenters. The molecule has 0 aliphatic carbocycles. The Morgan fingerprint density at radius 2 is 1.68 bits per heavy atom. The zero-order valence-corrected chi connectivity index (χ0v) is 17.6. The summed E-state index contributed by atoms with van der Waals surface area (Å²) in [5, 5.41) is 6.72. The molecule has 0 radical (unpaired) electrons. The Morgan fingerprint density at radius 3 is 2.45 bits per heavy atom.